The molecule has 0 aromatic carbocycles. The number of carbonyl (C=O) groups is 1. The second kappa shape index (κ2) is 4.38. The van der Waals surface area contributed by atoms with Crippen LogP contribution in [0.25, 0.3) is 0 Å². The smallest absolute Gasteiger partial charge is 0.157 e. The lowest BCUT2D eigenvalue weighted by Crippen LogP contribution is -2.36. The molecular weight excluding hydrogens is 186 g/mol. The monoisotopic (exact) mass is 209 g/mol. The SMILES string of the molecule is CC(=O)C1=CN(CC(C)C)CCC1(C)C. The molecule has 0 aromatic heterocycles. The summed E-state index contributed by atoms with van der Waals surface area (Å²) in [6, 6.07) is 0. The number of ketones is 1. The van der Waals surface area contributed by atoms with Crippen molar-refractivity contribution in [2.75, 3.05) is 13.1 Å². The third kappa shape index (κ3) is 3.08. The van der Waals surface area contributed by atoms with E-state index in [-0.39, 0.29) is 11.2 Å². The summed E-state index contributed by atoms with van der Waals surface area (Å²) in [4.78, 5) is 13.8. The Morgan fingerprint density at radius 3 is 2.60 bits per heavy atom. The number of rotatable bonds is 3. The van der Waals surface area contributed by atoms with Crippen molar-refractivity contribution in [3.63, 3.8) is 0 Å². The molecule has 0 aliphatic carbocycles. The third-order valence-corrected chi connectivity index (χ3v) is 3.04. The Balaban J connectivity index is 2.84. The van der Waals surface area contributed by atoms with Gasteiger partial charge in [0.15, 0.2) is 5.78 Å². The molecule has 0 fully saturated rings. The molecule has 0 N–H and O–H groups in total. The first-order valence-electron chi connectivity index (χ1n) is 5.80. The lowest BCUT2D eigenvalue weighted by atomic mass is 9.77. The van der Waals surface area contributed by atoms with E-state index in [0.717, 1.165) is 25.1 Å². The Hall–Kier alpha value is -0.790. The first-order valence-corrected chi connectivity index (χ1v) is 5.80. The lowest BCUT2D eigenvalue weighted by Gasteiger charge is -2.37. The highest BCUT2D eigenvalue weighted by atomic mass is 16.1. The fourth-order valence-corrected chi connectivity index (χ4v) is 2.16. The number of nitrogens with zero attached hydrogens (tertiary/aromatic N) is 1. The molecule has 0 bridgehead atoms. The summed E-state index contributed by atoms with van der Waals surface area (Å²) < 4.78 is 0. The van der Waals surface area contributed by atoms with E-state index in [4.69, 9.17) is 0 Å². The van der Waals surface area contributed by atoms with Crippen LogP contribution in [0.4, 0.5) is 0 Å². The number of carbonyl (C=O) groups excluding carboxylic acids is 1. The molecule has 0 unspecified atom stereocenters. The first kappa shape index (κ1) is 12.3. The summed E-state index contributed by atoms with van der Waals surface area (Å²) in [7, 11) is 0. The fourth-order valence-electron chi connectivity index (χ4n) is 2.16. The van der Waals surface area contributed by atoms with Gasteiger partial charge in [0, 0.05) is 24.9 Å². The van der Waals surface area contributed by atoms with Gasteiger partial charge in [0.2, 0.25) is 0 Å². The highest BCUT2D eigenvalue weighted by Crippen LogP contribution is 2.34. The molecule has 86 valence electrons. The number of hydrogen-bond acceptors (Lipinski definition) is 2. The Morgan fingerprint density at radius 2 is 2.13 bits per heavy atom. The minimum atomic E-state index is 0.0549. The third-order valence-electron chi connectivity index (χ3n) is 3.04. The molecule has 0 atom stereocenters. The number of allylic oxidation sites excluding steroid dienone is 1. The molecule has 2 nitrogen and oxygen atoms in total. The fraction of sp³-hybridized carbons (Fsp3) is 0.769. The summed E-state index contributed by atoms with van der Waals surface area (Å²) in [6.07, 6.45) is 3.15. The van der Waals surface area contributed by atoms with Gasteiger partial charge in [0.05, 0.1) is 0 Å². The average molecular weight is 209 g/mol. The zero-order valence-electron chi connectivity index (χ0n) is 10.6. The van der Waals surface area contributed by atoms with Gasteiger partial charge in [0.25, 0.3) is 0 Å². The van der Waals surface area contributed by atoms with Crippen LogP contribution in [0.2, 0.25) is 0 Å². The molecule has 0 amide bonds. The standard InChI is InChI=1S/C13H23NO/c1-10(2)8-14-7-6-13(4,5)12(9-14)11(3)15/h9-10H,6-8H2,1-5H3. The molecule has 15 heavy (non-hydrogen) atoms. The second-order valence-electron chi connectivity index (χ2n) is 5.62. The van der Waals surface area contributed by atoms with Crippen molar-refractivity contribution in [1.29, 1.82) is 0 Å². The van der Waals surface area contributed by atoms with E-state index in [2.05, 4.69) is 38.8 Å². The van der Waals surface area contributed by atoms with E-state index in [1.54, 1.807) is 6.92 Å². The summed E-state index contributed by atoms with van der Waals surface area (Å²) in [5.41, 5.74) is 1.04. The van der Waals surface area contributed by atoms with Crippen LogP contribution in [-0.4, -0.2) is 23.8 Å². The molecule has 0 radical (unpaired) electrons. The van der Waals surface area contributed by atoms with Crippen LogP contribution in [0.15, 0.2) is 11.8 Å². The van der Waals surface area contributed by atoms with Gasteiger partial charge in [-0.05, 0) is 24.7 Å². The highest BCUT2D eigenvalue weighted by Gasteiger charge is 2.30. The summed E-state index contributed by atoms with van der Waals surface area (Å²) in [5.74, 6) is 0.865. The minimum absolute atomic E-state index is 0.0549. The van der Waals surface area contributed by atoms with Gasteiger partial charge in [-0.1, -0.05) is 27.7 Å². The van der Waals surface area contributed by atoms with Crippen molar-refractivity contribution in [3.8, 4) is 0 Å². The number of Topliss-reactive ketones (excluding diaryl/α,β-unsaturated/α-hetero) is 1. The van der Waals surface area contributed by atoms with E-state index in [1.165, 1.54) is 0 Å². The maximum atomic E-state index is 11.6. The summed E-state index contributed by atoms with van der Waals surface area (Å²) in [6.45, 7) is 12.5. The maximum absolute atomic E-state index is 11.6. The maximum Gasteiger partial charge on any atom is 0.157 e. The van der Waals surface area contributed by atoms with E-state index < -0.39 is 0 Å². The Morgan fingerprint density at radius 1 is 1.53 bits per heavy atom. The van der Waals surface area contributed by atoms with Crippen LogP contribution in [0.5, 0.6) is 0 Å². The van der Waals surface area contributed by atoms with E-state index in [0.29, 0.717) is 5.92 Å². The topological polar surface area (TPSA) is 20.3 Å². The molecule has 0 saturated carbocycles. The van der Waals surface area contributed by atoms with Crippen LogP contribution >= 0.6 is 0 Å². The van der Waals surface area contributed by atoms with Gasteiger partial charge in [0.1, 0.15) is 0 Å². The summed E-state index contributed by atoms with van der Waals surface area (Å²) >= 11 is 0. The molecule has 2 heteroatoms. The zero-order chi connectivity index (χ0) is 11.6. The van der Waals surface area contributed by atoms with E-state index >= 15 is 0 Å². The van der Waals surface area contributed by atoms with E-state index in [9.17, 15) is 4.79 Å². The Kier molecular flexibility index (Phi) is 3.58. The highest BCUT2D eigenvalue weighted by molar-refractivity contribution is 5.94. The molecule has 0 spiro atoms. The largest absolute Gasteiger partial charge is 0.377 e. The van der Waals surface area contributed by atoms with Gasteiger partial charge in [-0.15, -0.1) is 0 Å². The lowest BCUT2D eigenvalue weighted by molar-refractivity contribution is -0.114. The van der Waals surface area contributed by atoms with Crippen molar-refractivity contribution >= 4 is 5.78 Å². The molecule has 1 aliphatic heterocycles. The molecule has 1 heterocycles. The van der Waals surface area contributed by atoms with Crippen LogP contribution in [0, 0.1) is 11.3 Å². The van der Waals surface area contributed by atoms with Crippen molar-refractivity contribution in [2.24, 2.45) is 11.3 Å². The van der Waals surface area contributed by atoms with Gasteiger partial charge >= 0.3 is 0 Å². The molecule has 0 saturated heterocycles. The Bertz CT molecular complexity index is 276. The molecule has 0 aromatic rings. The minimum Gasteiger partial charge on any atom is -0.377 e. The van der Waals surface area contributed by atoms with Crippen LogP contribution in [-0.2, 0) is 4.79 Å². The molecule has 1 aliphatic rings. The van der Waals surface area contributed by atoms with E-state index in [1.807, 2.05) is 0 Å². The zero-order valence-corrected chi connectivity index (χ0v) is 10.6. The normalized spacial score (nSPS) is 20.4. The van der Waals surface area contributed by atoms with Crippen molar-refractivity contribution in [3.05, 3.63) is 11.8 Å². The van der Waals surface area contributed by atoms with Crippen LogP contribution in [0.3, 0.4) is 0 Å². The number of hydrogen-bond donors (Lipinski definition) is 0. The van der Waals surface area contributed by atoms with Gasteiger partial charge < -0.3 is 4.90 Å². The quantitative estimate of drug-likeness (QED) is 0.712. The predicted molar refractivity (Wildman–Crippen MR) is 63.6 cm³/mol. The van der Waals surface area contributed by atoms with Crippen LogP contribution in [0.1, 0.15) is 41.0 Å². The first-order chi connectivity index (χ1) is 6.83. The van der Waals surface area contributed by atoms with Gasteiger partial charge in [-0.25, -0.2) is 0 Å². The van der Waals surface area contributed by atoms with Crippen molar-refractivity contribution < 1.29 is 4.79 Å². The predicted octanol–water partition coefficient (Wildman–Crippen LogP) is 2.85. The summed E-state index contributed by atoms with van der Waals surface area (Å²) in [5, 5.41) is 0. The second-order valence-corrected chi connectivity index (χ2v) is 5.62. The molecular formula is C13H23NO. The average Bonchev–Trinajstić information content (AvgIpc) is 2.06. The van der Waals surface area contributed by atoms with Crippen molar-refractivity contribution in [2.45, 2.75) is 41.0 Å². The van der Waals surface area contributed by atoms with Gasteiger partial charge in [-0.2, -0.15) is 0 Å². The molecule has 1 rings (SSSR count). The van der Waals surface area contributed by atoms with Crippen molar-refractivity contribution in [1.82, 2.24) is 4.90 Å². The van der Waals surface area contributed by atoms with Crippen LogP contribution < -0.4 is 0 Å². The Labute approximate surface area is 93.3 Å². The van der Waals surface area contributed by atoms with Gasteiger partial charge in [-0.3, -0.25) is 4.79 Å².